The minimum absolute atomic E-state index is 0.253. The summed E-state index contributed by atoms with van der Waals surface area (Å²) in [5.41, 5.74) is 0. The molecule has 0 atom stereocenters. The van der Waals surface area contributed by atoms with Crippen molar-refractivity contribution in [2.45, 2.75) is 0 Å². The zero-order chi connectivity index (χ0) is 5.98. The van der Waals surface area contributed by atoms with Crippen molar-refractivity contribution in [3.8, 4) is 0 Å². The number of nitrogens with one attached hydrogen (secondary N) is 2. The van der Waals surface area contributed by atoms with Crippen molar-refractivity contribution in [2.24, 2.45) is 0 Å². The third kappa shape index (κ3) is 1.77. The van der Waals surface area contributed by atoms with Gasteiger partial charge in [0.1, 0.15) is 0 Å². The molecule has 0 aromatic carbocycles. The van der Waals surface area contributed by atoms with Crippen molar-refractivity contribution in [2.75, 3.05) is 0 Å². The molecule has 1 fully saturated rings. The Labute approximate surface area is 66.9 Å². The Kier molecular flexibility index (Phi) is 2.92. The van der Waals surface area contributed by atoms with Gasteiger partial charge in [0.25, 0.3) is 15.1 Å². The highest BCUT2D eigenvalue weighted by Crippen LogP contribution is 2.03. The maximum absolute atomic E-state index is 3.38. The first kappa shape index (κ1) is 7.15. The Hall–Kier alpha value is 1.03. The number of halogens is 2. The summed E-state index contributed by atoms with van der Waals surface area (Å²) in [6.07, 6.45) is 0. The summed E-state index contributed by atoms with van der Waals surface area (Å²) in [7, 11) is 1.72. The van der Waals surface area contributed by atoms with Gasteiger partial charge in [0.15, 0.2) is 0 Å². The average Bonchev–Trinajstić information content (AvgIpc) is 1.77. The van der Waals surface area contributed by atoms with Gasteiger partial charge < -0.3 is 10.3 Å². The van der Waals surface area contributed by atoms with Gasteiger partial charge in [0.05, 0.1) is 0 Å². The highest BCUT2D eigenvalue weighted by molar-refractivity contribution is 9.25. The number of hydrogen-bond donors (Lipinski definition) is 2. The molecule has 0 bridgehead atoms. The summed E-state index contributed by atoms with van der Waals surface area (Å²) >= 11 is 6.70. The molecule has 2 N–H and O–H groups in total. The van der Waals surface area contributed by atoms with Gasteiger partial charge in [-0.25, -0.2) is 0 Å². The monoisotopic (exact) mass is 237 g/mol. The van der Waals surface area contributed by atoms with Crippen LogP contribution in [0.1, 0.15) is 0 Å². The van der Waals surface area contributed by atoms with Crippen LogP contribution in [-0.4, -0.2) is 24.7 Å². The summed E-state index contributed by atoms with van der Waals surface area (Å²) in [6, 6.07) is 0. The molecule has 1 saturated heterocycles. The lowest BCUT2D eigenvalue weighted by Gasteiger charge is -2.22. The van der Waals surface area contributed by atoms with E-state index in [-0.39, 0.29) is 5.81 Å². The van der Waals surface area contributed by atoms with E-state index in [1.54, 1.807) is 0 Å². The Balaban J connectivity index is 2.28. The van der Waals surface area contributed by atoms with E-state index in [0.717, 1.165) is 15.1 Å². The Morgan fingerprint density at radius 2 is 2.38 bits per heavy atom. The first-order valence-electron chi connectivity index (χ1n) is 2.31. The van der Waals surface area contributed by atoms with Crippen LogP contribution in [0.15, 0.2) is 0 Å². The molecule has 8 heteroatoms. The smallest absolute Gasteiger partial charge is 0.377 e. The van der Waals surface area contributed by atoms with Crippen molar-refractivity contribution in [1.29, 1.82) is 0 Å². The van der Waals surface area contributed by atoms with Gasteiger partial charge >= 0.3 is 5.81 Å². The molecule has 0 radical (unpaired) electrons. The summed E-state index contributed by atoms with van der Waals surface area (Å²) < 4.78 is 1.94. The summed E-state index contributed by atoms with van der Waals surface area (Å²) in [5, 5.41) is 6.22. The van der Waals surface area contributed by atoms with Crippen molar-refractivity contribution >= 4 is 52.8 Å². The van der Waals surface area contributed by atoms with Gasteiger partial charge in [-0.1, -0.05) is 0 Å². The molecule has 42 valence electrons. The highest BCUT2D eigenvalue weighted by Gasteiger charge is 2.22. The second kappa shape index (κ2) is 3.27. The number of nitrogens with zero attached hydrogens (tertiary/aromatic N) is 1. The van der Waals surface area contributed by atoms with Gasteiger partial charge in [-0.05, 0) is 16.1 Å². The molecule has 0 aromatic rings. The molecule has 8 heavy (non-hydrogen) atoms. The SMILES string of the molecule is BrB1NBNBN1Br. The van der Waals surface area contributed by atoms with Crippen LogP contribution < -0.4 is 10.3 Å². The number of rotatable bonds is 0. The van der Waals surface area contributed by atoms with Gasteiger partial charge in [-0.2, -0.15) is 0 Å². The summed E-state index contributed by atoms with van der Waals surface area (Å²) in [4.78, 5) is 0. The minimum Gasteiger partial charge on any atom is -0.377 e. The topological polar surface area (TPSA) is 27.3 Å². The molecule has 0 saturated carbocycles. The van der Waals surface area contributed by atoms with E-state index < -0.39 is 0 Å². The third-order valence-corrected chi connectivity index (χ3v) is 2.93. The molecule has 3 nitrogen and oxygen atoms in total. The third-order valence-electron chi connectivity index (χ3n) is 0.904. The maximum Gasteiger partial charge on any atom is 0.377 e. The average molecular weight is 238 g/mol. The Morgan fingerprint density at radius 1 is 1.62 bits per heavy atom. The largest absolute Gasteiger partial charge is 0.377 e. The summed E-state index contributed by atoms with van der Waals surface area (Å²) in [5.74, 6) is 0.253. The van der Waals surface area contributed by atoms with E-state index in [9.17, 15) is 0 Å². The van der Waals surface area contributed by atoms with Crippen molar-refractivity contribution in [3.63, 3.8) is 0 Å². The molecular formula is H4B3Br2N3. The maximum atomic E-state index is 3.38. The lowest BCUT2D eigenvalue weighted by molar-refractivity contribution is 1.07. The van der Waals surface area contributed by atoms with Gasteiger partial charge in [0, 0.05) is 0 Å². The van der Waals surface area contributed by atoms with Crippen LogP contribution in [-0.2, 0) is 0 Å². The van der Waals surface area contributed by atoms with Gasteiger partial charge in [0.2, 0.25) is 0 Å². The van der Waals surface area contributed by atoms with Crippen molar-refractivity contribution < 1.29 is 0 Å². The van der Waals surface area contributed by atoms with Crippen LogP contribution in [0.3, 0.4) is 0 Å². The zero-order valence-corrected chi connectivity index (χ0v) is 7.37. The molecule has 0 aromatic heterocycles. The molecule has 0 spiro atoms. The first-order valence-corrected chi connectivity index (χ1v) is 3.94. The van der Waals surface area contributed by atoms with Crippen LogP contribution in [0.5, 0.6) is 0 Å². The standard InChI is InChI=1S/B3Br2H4N3/c4-3-7-1-6-2-8(3)5/h1-2,6-7H. The van der Waals surface area contributed by atoms with E-state index in [1.165, 1.54) is 0 Å². The molecule has 1 aliphatic rings. The van der Waals surface area contributed by atoms with Crippen LogP contribution in [0.4, 0.5) is 0 Å². The molecule has 1 rings (SSSR count). The molecule has 0 aliphatic carbocycles. The van der Waals surface area contributed by atoms with E-state index in [0.29, 0.717) is 0 Å². The Morgan fingerprint density at radius 3 is 2.75 bits per heavy atom. The fourth-order valence-electron chi connectivity index (χ4n) is 0.498. The van der Waals surface area contributed by atoms with Gasteiger partial charge in [-0.15, -0.1) is 15.8 Å². The molecular weight excluding hydrogens is 234 g/mol. The predicted octanol–water partition coefficient (Wildman–Crippen LogP) is -1.30. The van der Waals surface area contributed by atoms with E-state index in [1.807, 2.05) is 3.75 Å². The second-order valence-corrected chi connectivity index (χ2v) is 3.30. The number of hydrogen-bond acceptors (Lipinski definition) is 3. The van der Waals surface area contributed by atoms with Crippen molar-refractivity contribution in [3.05, 3.63) is 0 Å². The second-order valence-electron chi connectivity index (χ2n) is 1.52. The zero-order valence-electron chi connectivity index (χ0n) is 4.19. The summed E-state index contributed by atoms with van der Waals surface area (Å²) in [6.45, 7) is 0. The lowest BCUT2D eigenvalue weighted by atomic mass is 9.85. The molecule has 1 heterocycles. The highest BCUT2D eigenvalue weighted by atomic mass is 79.9. The Bertz CT molecular complexity index is 68.9. The van der Waals surface area contributed by atoms with Gasteiger partial charge in [-0.3, -0.25) is 3.75 Å². The first-order chi connectivity index (χ1) is 3.80. The lowest BCUT2D eigenvalue weighted by Crippen LogP contribution is -2.58. The normalized spacial score (nSPS) is 22.0. The predicted molar refractivity (Wildman–Crippen MR) is 46.0 cm³/mol. The fourth-order valence-corrected chi connectivity index (χ4v) is 1.13. The van der Waals surface area contributed by atoms with Crippen LogP contribution in [0, 0.1) is 0 Å². The van der Waals surface area contributed by atoms with Crippen molar-refractivity contribution in [1.82, 2.24) is 14.0 Å². The fraction of sp³-hybridized carbons (Fsp3) is 0. The van der Waals surface area contributed by atoms with Crippen LogP contribution in [0.2, 0.25) is 0 Å². The quantitative estimate of drug-likeness (QED) is 0.406. The molecule has 1 aliphatic heterocycles. The minimum atomic E-state index is 0.253. The van der Waals surface area contributed by atoms with E-state index in [4.69, 9.17) is 0 Å². The van der Waals surface area contributed by atoms with Crippen LogP contribution >= 0.6 is 31.9 Å². The molecule has 0 unspecified atom stereocenters. The van der Waals surface area contributed by atoms with E-state index in [2.05, 4.69) is 42.2 Å². The van der Waals surface area contributed by atoms with E-state index >= 15 is 0 Å². The molecule has 0 amide bonds. The van der Waals surface area contributed by atoms with Crippen LogP contribution in [0.25, 0.3) is 0 Å².